The van der Waals surface area contributed by atoms with Crippen LogP contribution >= 0.6 is 50.7 Å². The molecule has 0 aliphatic carbocycles. The van der Waals surface area contributed by atoms with E-state index < -0.39 is 0 Å². The van der Waals surface area contributed by atoms with E-state index in [1.807, 2.05) is 24.4 Å². The molecule has 6 heteroatoms. The molecule has 0 aliphatic heterocycles. The lowest BCUT2D eigenvalue weighted by Crippen LogP contribution is -2.09. The van der Waals surface area contributed by atoms with Crippen molar-refractivity contribution in [1.82, 2.24) is 9.78 Å². The molecule has 0 spiro atoms. The predicted octanol–water partition coefficient (Wildman–Crippen LogP) is 2.87. The van der Waals surface area contributed by atoms with E-state index in [1.54, 1.807) is 10.9 Å². The first-order valence-electron chi connectivity index (χ1n) is 4.38. The summed E-state index contributed by atoms with van der Waals surface area (Å²) in [7, 11) is 0. The lowest BCUT2D eigenvalue weighted by molar-refractivity contribution is 0.876. The van der Waals surface area contributed by atoms with Crippen molar-refractivity contribution in [2.24, 2.45) is 5.73 Å². The van der Waals surface area contributed by atoms with E-state index in [2.05, 4.69) is 43.6 Å². The van der Waals surface area contributed by atoms with Gasteiger partial charge in [0.1, 0.15) is 4.99 Å². The van der Waals surface area contributed by atoms with Gasteiger partial charge < -0.3 is 5.73 Å². The van der Waals surface area contributed by atoms with Gasteiger partial charge in [-0.3, -0.25) is 0 Å². The van der Waals surface area contributed by atoms with Crippen molar-refractivity contribution in [1.29, 1.82) is 0 Å². The van der Waals surface area contributed by atoms with Crippen LogP contribution in [-0.4, -0.2) is 14.8 Å². The van der Waals surface area contributed by atoms with Crippen LogP contribution < -0.4 is 5.73 Å². The molecule has 3 nitrogen and oxygen atoms in total. The summed E-state index contributed by atoms with van der Waals surface area (Å²) in [6, 6.07) is 5.71. The Balaban J connectivity index is 2.47. The molecule has 2 aromatic rings. The van der Waals surface area contributed by atoms with E-state index in [0.717, 1.165) is 19.3 Å². The third-order valence-electron chi connectivity index (χ3n) is 2.03. The van der Waals surface area contributed by atoms with Gasteiger partial charge in [-0.25, -0.2) is 4.68 Å². The Hall–Kier alpha value is -0.470. The van der Waals surface area contributed by atoms with E-state index in [1.165, 1.54) is 0 Å². The molecule has 0 atom stereocenters. The van der Waals surface area contributed by atoms with Crippen LogP contribution in [-0.2, 0) is 0 Å². The predicted molar refractivity (Wildman–Crippen MR) is 79.9 cm³/mol. The summed E-state index contributed by atoms with van der Waals surface area (Å²) < 4.78 is 3.80. The van der Waals surface area contributed by atoms with Crippen molar-refractivity contribution in [3.8, 4) is 5.69 Å². The maximum atomic E-state index is 5.56. The number of halogens is 2. The highest BCUT2D eigenvalue weighted by Crippen LogP contribution is 2.22. The minimum absolute atomic E-state index is 0.391. The maximum absolute atomic E-state index is 5.56. The van der Waals surface area contributed by atoms with Gasteiger partial charge in [0, 0.05) is 16.2 Å². The molecule has 0 unspecified atom stereocenters. The molecule has 2 rings (SSSR count). The number of nitrogens with two attached hydrogens (primary N) is 1. The molecule has 0 radical (unpaired) electrons. The summed E-state index contributed by atoms with van der Waals surface area (Å²) in [6.07, 6.45) is 3.75. The number of benzene rings is 1. The van der Waals surface area contributed by atoms with Crippen LogP contribution in [0.25, 0.3) is 5.69 Å². The third kappa shape index (κ3) is 2.44. The van der Waals surface area contributed by atoms with Gasteiger partial charge in [-0.05, 0) is 56.7 Å². The van der Waals surface area contributed by atoms with E-state index >= 15 is 0 Å². The molecule has 0 aliphatic rings. The van der Waals surface area contributed by atoms with Gasteiger partial charge in [-0.2, -0.15) is 5.10 Å². The second kappa shape index (κ2) is 4.80. The number of thiocarbonyl (C=S) groups is 1. The summed E-state index contributed by atoms with van der Waals surface area (Å²) in [5.74, 6) is 0. The highest BCUT2D eigenvalue weighted by atomic mass is 127. The summed E-state index contributed by atoms with van der Waals surface area (Å²) in [4.78, 5) is 0.391. The smallest absolute Gasteiger partial charge is 0.104 e. The maximum Gasteiger partial charge on any atom is 0.104 e. The zero-order valence-electron chi connectivity index (χ0n) is 8.02. The lowest BCUT2D eigenvalue weighted by Gasteiger charge is -2.06. The average Bonchev–Trinajstić information content (AvgIpc) is 2.64. The molecular weight excluding hydrogens is 401 g/mol. The largest absolute Gasteiger partial charge is 0.389 e. The quantitative estimate of drug-likeness (QED) is 0.614. The standard InChI is InChI=1S/C10H7BrIN3S/c11-8-3-6(10(13)16)1-2-9(8)15-5-7(12)4-14-15/h1-5H,(H2,13,16). The topological polar surface area (TPSA) is 43.8 Å². The van der Waals surface area contributed by atoms with Crippen LogP contribution in [0.3, 0.4) is 0 Å². The van der Waals surface area contributed by atoms with Crippen molar-refractivity contribution in [3.05, 3.63) is 44.2 Å². The molecule has 0 bridgehead atoms. The van der Waals surface area contributed by atoms with Gasteiger partial charge in [0.15, 0.2) is 0 Å². The Bertz CT molecular complexity index is 553. The normalized spacial score (nSPS) is 10.4. The SMILES string of the molecule is NC(=S)c1ccc(-n2cc(I)cn2)c(Br)c1. The van der Waals surface area contributed by atoms with Crippen LogP contribution in [0.2, 0.25) is 0 Å². The molecular formula is C10H7BrIN3S. The highest BCUT2D eigenvalue weighted by molar-refractivity contribution is 14.1. The number of aromatic nitrogens is 2. The molecule has 1 aromatic carbocycles. The van der Waals surface area contributed by atoms with Gasteiger partial charge in [0.05, 0.1) is 15.5 Å². The summed E-state index contributed by atoms with van der Waals surface area (Å²) in [5.41, 5.74) is 7.36. The second-order valence-corrected chi connectivity index (χ2v) is 5.67. The molecule has 1 aromatic heterocycles. The van der Waals surface area contributed by atoms with Crippen molar-refractivity contribution in [2.45, 2.75) is 0 Å². The third-order valence-corrected chi connectivity index (χ3v) is 3.46. The number of nitrogens with zero attached hydrogens (tertiary/aromatic N) is 2. The monoisotopic (exact) mass is 407 g/mol. The summed E-state index contributed by atoms with van der Waals surface area (Å²) in [5, 5.41) is 4.24. The van der Waals surface area contributed by atoms with Gasteiger partial charge in [0.25, 0.3) is 0 Å². The van der Waals surface area contributed by atoms with Crippen molar-refractivity contribution in [3.63, 3.8) is 0 Å². The number of hydrogen-bond acceptors (Lipinski definition) is 2. The van der Waals surface area contributed by atoms with Crippen molar-refractivity contribution >= 4 is 55.7 Å². The zero-order chi connectivity index (χ0) is 11.7. The Kier molecular flexibility index (Phi) is 3.60. The molecule has 1 heterocycles. The van der Waals surface area contributed by atoms with Crippen molar-refractivity contribution < 1.29 is 0 Å². The second-order valence-electron chi connectivity index (χ2n) is 3.13. The number of rotatable bonds is 2. The first-order chi connectivity index (χ1) is 7.58. The minimum atomic E-state index is 0.391. The molecule has 0 fully saturated rings. The van der Waals surface area contributed by atoms with Crippen molar-refractivity contribution in [2.75, 3.05) is 0 Å². The molecule has 0 saturated heterocycles. The van der Waals surface area contributed by atoms with Crippen LogP contribution in [0, 0.1) is 3.57 Å². The Labute approximate surface area is 120 Å². The Morgan fingerprint density at radius 3 is 2.75 bits per heavy atom. The summed E-state index contributed by atoms with van der Waals surface area (Å²) in [6.45, 7) is 0. The zero-order valence-corrected chi connectivity index (χ0v) is 12.6. The van der Waals surface area contributed by atoms with E-state index in [9.17, 15) is 0 Å². The fourth-order valence-electron chi connectivity index (χ4n) is 1.28. The Morgan fingerprint density at radius 2 is 2.25 bits per heavy atom. The molecule has 16 heavy (non-hydrogen) atoms. The minimum Gasteiger partial charge on any atom is -0.389 e. The van der Waals surface area contributed by atoms with Crippen LogP contribution in [0.4, 0.5) is 0 Å². The first kappa shape index (κ1) is 12.0. The van der Waals surface area contributed by atoms with Crippen LogP contribution in [0.5, 0.6) is 0 Å². The summed E-state index contributed by atoms with van der Waals surface area (Å²) >= 11 is 10.6. The fourth-order valence-corrected chi connectivity index (χ4v) is 2.35. The highest BCUT2D eigenvalue weighted by Gasteiger charge is 2.06. The lowest BCUT2D eigenvalue weighted by atomic mass is 10.2. The van der Waals surface area contributed by atoms with Crippen LogP contribution in [0.1, 0.15) is 5.56 Å². The number of hydrogen-bond donors (Lipinski definition) is 1. The fraction of sp³-hybridized carbons (Fsp3) is 0. The molecule has 2 N–H and O–H groups in total. The van der Waals surface area contributed by atoms with E-state index in [4.69, 9.17) is 18.0 Å². The van der Waals surface area contributed by atoms with E-state index in [0.29, 0.717) is 4.99 Å². The van der Waals surface area contributed by atoms with Gasteiger partial charge in [-0.1, -0.05) is 12.2 Å². The van der Waals surface area contributed by atoms with Gasteiger partial charge in [0.2, 0.25) is 0 Å². The van der Waals surface area contributed by atoms with Crippen LogP contribution in [0.15, 0.2) is 35.1 Å². The molecule has 0 amide bonds. The average molecular weight is 408 g/mol. The Morgan fingerprint density at radius 1 is 1.50 bits per heavy atom. The van der Waals surface area contributed by atoms with Gasteiger partial charge in [-0.15, -0.1) is 0 Å². The van der Waals surface area contributed by atoms with Gasteiger partial charge >= 0.3 is 0 Å². The molecule has 0 saturated carbocycles. The first-order valence-corrected chi connectivity index (χ1v) is 6.66. The van der Waals surface area contributed by atoms with E-state index in [-0.39, 0.29) is 0 Å². The molecule has 82 valence electrons.